The zero-order valence-electron chi connectivity index (χ0n) is 9.45. The number of anilines is 1. The van der Waals surface area contributed by atoms with Gasteiger partial charge >= 0.3 is 0 Å². The first-order chi connectivity index (χ1) is 7.32. The molecule has 2 rings (SSSR count). The van der Waals surface area contributed by atoms with Crippen LogP contribution in [0, 0.1) is 6.92 Å². The molecule has 0 spiro atoms. The van der Waals surface area contributed by atoms with Gasteiger partial charge in [0.15, 0.2) is 0 Å². The molecule has 0 aliphatic heterocycles. The fourth-order valence-corrected chi connectivity index (χ4v) is 2.96. The van der Waals surface area contributed by atoms with Crippen molar-refractivity contribution in [2.75, 3.05) is 5.73 Å². The molecule has 0 bridgehead atoms. The molecule has 0 saturated heterocycles. The van der Waals surface area contributed by atoms with Crippen molar-refractivity contribution >= 4 is 15.7 Å². The SMILES string of the molecule is Cc1ccc(S(=O)(=O)NC2(C)CC2)cc1N. The quantitative estimate of drug-likeness (QED) is 0.785. The number of rotatable bonds is 3. The standard InChI is InChI=1S/C11H16N2O2S/c1-8-3-4-9(7-10(8)12)16(14,15)13-11(2)5-6-11/h3-4,7,13H,5-6,12H2,1-2H3. The molecule has 0 atom stereocenters. The van der Waals surface area contributed by atoms with Gasteiger partial charge in [-0.1, -0.05) is 6.07 Å². The highest BCUT2D eigenvalue weighted by Crippen LogP contribution is 2.36. The number of nitrogens with two attached hydrogens (primary N) is 1. The first kappa shape index (κ1) is 11.4. The molecule has 1 aromatic rings. The Kier molecular flexibility index (Phi) is 2.47. The van der Waals surface area contributed by atoms with E-state index in [9.17, 15) is 8.42 Å². The number of aryl methyl sites for hydroxylation is 1. The molecule has 0 aromatic heterocycles. The maximum atomic E-state index is 12.0. The van der Waals surface area contributed by atoms with Crippen molar-refractivity contribution in [3.8, 4) is 0 Å². The Bertz CT molecular complexity index is 519. The lowest BCUT2D eigenvalue weighted by molar-refractivity contribution is 0.558. The third-order valence-corrected chi connectivity index (χ3v) is 4.58. The number of sulfonamides is 1. The number of benzene rings is 1. The van der Waals surface area contributed by atoms with Gasteiger partial charge < -0.3 is 5.73 Å². The molecule has 88 valence electrons. The van der Waals surface area contributed by atoms with Gasteiger partial charge in [0.2, 0.25) is 10.0 Å². The second kappa shape index (κ2) is 3.46. The largest absolute Gasteiger partial charge is 0.398 e. The van der Waals surface area contributed by atoms with E-state index in [0.29, 0.717) is 5.69 Å². The van der Waals surface area contributed by atoms with E-state index in [0.717, 1.165) is 18.4 Å². The average molecular weight is 240 g/mol. The van der Waals surface area contributed by atoms with E-state index in [4.69, 9.17) is 5.73 Å². The minimum atomic E-state index is -3.42. The molecule has 1 aliphatic carbocycles. The van der Waals surface area contributed by atoms with Gasteiger partial charge in [0.05, 0.1) is 4.90 Å². The third kappa shape index (κ3) is 2.20. The van der Waals surface area contributed by atoms with Crippen molar-refractivity contribution in [1.29, 1.82) is 0 Å². The van der Waals surface area contributed by atoms with Crippen LogP contribution in [-0.2, 0) is 10.0 Å². The van der Waals surface area contributed by atoms with E-state index in [1.54, 1.807) is 12.1 Å². The summed E-state index contributed by atoms with van der Waals surface area (Å²) in [5, 5.41) is 0. The second-order valence-corrected chi connectivity index (χ2v) is 6.37. The van der Waals surface area contributed by atoms with Gasteiger partial charge in [-0.3, -0.25) is 0 Å². The van der Waals surface area contributed by atoms with E-state index in [1.807, 2.05) is 13.8 Å². The monoisotopic (exact) mass is 240 g/mol. The summed E-state index contributed by atoms with van der Waals surface area (Å²) in [7, 11) is -3.42. The lowest BCUT2D eigenvalue weighted by atomic mass is 10.2. The van der Waals surface area contributed by atoms with Gasteiger partial charge in [0, 0.05) is 11.2 Å². The van der Waals surface area contributed by atoms with Crippen LogP contribution in [0.4, 0.5) is 5.69 Å². The Hall–Kier alpha value is -1.07. The van der Waals surface area contributed by atoms with Gasteiger partial charge in [0.1, 0.15) is 0 Å². The molecular weight excluding hydrogens is 224 g/mol. The van der Waals surface area contributed by atoms with Gasteiger partial charge in [-0.25, -0.2) is 13.1 Å². The van der Waals surface area contributed by atoms with Crippen molar-refractivity contribution in [3.05, 3.63) is 23.8 Å². The van der Waals surface area contributed by atoms with Crippen molar-refractivity contribution in [3.63, 3.8) is 0 Å². The Morgan fingerprint density at radius 2 is 2.00 bits per heavy atom. The maximum absolute atomic E-state index is 12.0. The zero-order chi connectivity index (χ0) is 12.0. The van der Waals surface area contributed by atoms with Crippen LogP contribution in [0.25, 0.3) is 0 Å². The van der Waals surface area contributed by atoms with Crippen LogP contribution in [0.5, 0.6) is 0 Å². The predicted molar refractivity (Wildman–Crippen MR) is 63.6 cm³/mol. The van der Waals surface area contributed by atoms with Crippen LogP contribution >= 0.6 is 0 Å². The summed E-state index contributed by atoms with van der Waals surface area (Å²) in [6.45, 7) is 3.75. The molecule has 1 aliphatic rings. The van der Waals surface area contributed by atoms with Crippen LogP contribution in [0.15, 0.2) is 23.1 Å². The number of hydrogen-bond donors (Lipinski definition) is 2. The Balaban J connectivity index is 2.32. The van der Waals surface area contributed by atoms with Crippen LogP contribution < -0.4 is 10.5 Å². The molecule has 1 saturated carbocycles. The third-order valence-electron chi connectivity index (χ3n) is 2.94. The molecule has 1 fully saturated rings. The normalized spacial score (nSPS) is 18.4. The predicted octanol–water partition coefficient (Wildman–Crippen LogP) is 1.41. The van der Waals surface area contributed by atoms with Crippen LogP contribution in [0.1, 0.15) is 25.3 Å². The molecule has 0 heterocycles. The van der Waals surface area contributed by atoms with E-state index < -0.39 is 10.0 Å². The van der Waals surface area contributed by atoms with Gasteiger partial charge in [-0.2, -0.15) is 0 Å². The summed E-state index contributed by atoms with van der Waals surface area (Å²) >= 11 is 0. The fourth-order valence-electron chi connectivity index (χ4n) is 1.46. The highest BCUT2D eigenvalue weighted by Gasteiger charge is 2.41. The fraction of sp³-hybridized carbons (Fsp3) is 0.455. The molecule has 0 radical (unpaired) electrons. The summed E-state index contributed by atoms with van der Waals surface area (Å²) in [6.07, 6.45) is 1.79. The average Bonchev–Trinajstić information content (AvgIpc) is 2.86. The van der Waals surface area contributed by atoms with Crippen molar-refractivity contribution in [1.82, 2.24) is 4.72 Å². The van der Waals surface area contributed by atoms with Gasteiger partial charge in [0.25, 0.3) is 0 Å². The lowest BCUT2D eigenvalue weighted by Gasteiger charge is -2.12. The molecule has 4 nitrogen and oxygen atoms in total. The first-order valence-electron chi connectivity index (χ1n) is 5.23. The maximum Gasteiger partial charge on any atom is 0.241 e. The summed E-state index contributed by atoms with van der Waals surface area (Å²) in [4.78, 5) is 0.240. The minimum absolute atomic E-state index is 0.240. The molecular formula is C11H16N2O2S. The van der Waals surface area contributed by atoms with Gasteiger partial charge in [-0.15, -0.1) is 0 Å². The first-order valence-corrected chi connectivity index (χ1v) is 6.71. The Labute approximate surface area is 95.9 Å². The summed E-state index contributed by atoms with van der Waals surface area (Å²) < 4.78 is 26.7. The summed E-state index contributed by atoms with van der Waals surface area (Å²) in [5.74, 6) is 0. The smallest absolute Gasteiger partial charge is 0.241 e. The Morgan fingerprint density at radius 3 is 2.50 bits per heavy atom. The van der Waals surface area contributed by atoms with Crippen molar-refractivity contribution in [2.24, 2.45) is 0 Å². The summed E-state index contributed by atoms with van der Waals surface area (Å²) in [5.41, 5.74) is 6.84. The van der Waals surface area contributed by atoms with E-state index in [-0.39, 0.29) is 10.4 Å². The molecule has 5 heteroatoms. The number of nitrogen functional groups attached to an aromatic ring is 1. The number of nitrogens with one attached hydrogen (secondary N) is 1. The van der Waals surface area contributed by atoms with E-state index in [2.05, 4.69) is 4.72 Å². The van der Waals surface area contributed by atoms with Crippen LogP contribution in [0.2, 0.25) is 0 Å². The minimum Gasteiger partial charge on any atom is -0.398 e. The highest BCUT2D eigenvalue weighted by atomic mass is 32.2. The van der Waals surface area contributed by atoms with Crippen molar-refractivity contribution in [2.45, 2.75) is 37.1 Å². The highest BCUT2D eigenvalue weighted by molar-refractivity contribution is 7.89. The lowest BCUT2D eigenvalue weighted by Crippen LogP contribution is -2.34. The number of hydrogen-bond acceptors (Lipinski definition) is 3. The molecule has 1 aromatic carbocycles. The molecule has 0 amide bonds. The Morgan fingerprint density at radius 1 is 1.38 bits per heavy atom. The van der Waals surface area contributed by atoms with Gasteiger partial charge in [-0.05, 0) is 44.4 Å². The molecule has 3 N–H and O–H groups in total. The second-order valence-electron chi connectivity index (χ2n) is 4.68. The zero-order valence-corrected chi connectivity index (χ0v) is 10.3. The van der Waals surface area contributed by atoms with E-state index in [1.165, 1.54) is 6.07 Å². The van der Waals surface area contributed by atoms with Crippen LogP contribution in [0.3, 0.4) is 0 Å². The van der Waals surface area contributed by atoms with Crippen molar-refractivity contribution < 1.29 is 8.42 Å². The van der Waals surface area contributed by atoms with Crippen LogP contribution in [-0.4, -0.2) is 14.0 Å². The molecule has 0 unspecified atom stereocenters. The summed E-state index contributed by atoms with van der Waals surface area (Å²) in [6, 6.07) is 4.81. The van der Waals surface area contributed by atoms with E-state index >= 15 is 0 Å². The molecule has 16 heavy (non-hydrogen) atoms. The topological polar surface area (TPSA) is 72.2 Å².